The minimum atomic E-state index is -0.669. The van der Waals surface area contributed by atoms with E-state index in [1.165, 1.54) is 24.6 Å². The Hall–Kier alpha value is -3.03. The highest BCUT2D eigenvalue weighted by atomic mass is 16.6. The summed E-state index contributed by atoms with van der Waals surface area (Å²) >= 11 is 0. The Morgan fingerprint density at radius 1 is 0.957 bits per heavy atom. The summed E-state index contributed by atoms with van der Waals surface area (Å²) in [5, 5.41) is 14.3. The van der Waals surface area contributed by atoms with Gasteiger partial charge in [-0.3, -0.25) is 24.5 Å². The molecule has 0 aromatic heterocycles. The Balaban J connectivity index is 1.33. The Labute approximate surface area is 273 Å². The lowest BCUT2D eigenvalue weighted by Crippen LogP contribution is -2.66. The molecule has 1 aromatic carbocycles. The second-order valence-electron chi connectivity index (χ2n) is 17.5. The second-order valence-corrected chi connectivity index (χ2v) is 17.5. The van der Waals surface area contributed by atoms with Crippen molar-refractivity contribution in [2.24, 2.45) is 50.2 Å². The summed E-state index contributed by atoms with van der Waals surface area (Å²) < 4.78 is 5.86. The third kappa shape index (κ3) is 4.62. The second kappa shape index (κ2) is 10.5. The van der Waals surface area contributed by atoms with Gasteiger partial charge >= 0.3 is 5.97 Å². The van der Waals surface area contributed by atoms with Gasteiger partial charge in [0.1, 0.15) is 6.10 Å². The number of nitro groups is 1. The lowest BCUT2D eigenvalue weighted by molar-refractivity contribution is -0.384. The van der Waals surface area contributed by atoms with Gasteiger partial charge in [0, 0.05) is 41.5 Å². The lowest BCUT2D eigenvalue weighted by atomic mass is 9.33. The maximum absolute atomic E-state index is 14.7. The van der Waals surface area contributed by atoms with E-state index in [0.29, 0.717) is 12.1 Å². The van der Waals surface area contributed by atoms with E-state index in [0.717, 1.165) is 51.4 Å². The smallest absolute Gasteiger partial charge is 0.302 e. The highest BCUT2D eigenvalue weighted by Gasteiger charge is 2.70. The Morgan fingerprint density at radius 2 is 1.65 bits per heavy atom. The van der Waals surface area contributed by atoms with Crippen molar-refractivity contribution in [3.8, 4) is 0 Å². The molecule has 0 heterocycles. The van der Waals surface area contributed by atoms with Gasteiger partial charge in [-0.1, -0.05) is 60.1 Å². The van der Waals surface area contributed by atoms with Crippen molar-refractivity contribution in [3.63, 3.8) is 0 Å². The first kappa shape index (κ1) is 32.9. The van der Waals surface area contributed by atoms with Crippen molar-refractivity contribution in [2.75, 3.05) is 5.32 Å². The van der Waals surface area contributed by atoms with Crippen LogP contribution in [0.2, 0.25) is 0 Å². The fourth-order valence-corrected chi connectivity index (χ4v) is 11.8. The Morgan fingerprint density at radius 3 is 2.33 bits per heavy atom. The van der Waals surface area contributed by atoms with Crippen LogP contribution >= 0.6 is 0 Å². The molecule has 4 saturated carbocycles. The quantitative estimate of drug-likeness (QED) is 0.202. The molecule has 46 heavy (non-hydrogen) atoms. The van der Waals surface area contributed by atoms with E-state index in [1.54, 1.807) is 12.1 Å². The molecule has 0 unspecified atom stereocenters. The number of anilines is 1. The highest BCUT2D eigenvalue weighted by molar-refractivity contribution is 5.97. The van der Waals surface area contributed by atoms with Crippen LogP contribution < -0.4 is 5.32 Å². The standard InChI is InChI=1S/C38H52N2O6/c1-23(41)46-30-13-14-36(6)29(33(30,2)3)12-15-38(8)31(36)28(42)21-26-27-22-35(5,17-16-34(27,4)18-19-37(26,38)7)32(43)39-24-10-9-11-25(20-24)40(44)45/h9-11,20-21,27,29-31H,12-19,22H2,1-8H3,(H,39,43)/t27-,29-,30+,31-,34-,35+,36+,37+,38-/m1/s1. The first-order chi connectivity index (χ1) is 21.3. The number of fused-ring (bicyclic) bond motifs is 7. The number of nitrogens with one attached hydrogen (secondary N) is 1. The minimum Gasteiger partial charge on any atom is -0.462 e. The van der Waals surface area contributed by atoms with Gasteiger partial charge in [-0.05, 0) is 103 Å². The number of ketones is 1. The number of benzene rings is 1. The van der Waals surface area contributed by atoms with E-state index in [4.69, 9.17) is 4.74 Å². The maximum Gasteiger partial charge on any atom is 0.302 e. The number of nitro benzene ring substituents is 1. The molecular formula is C38H52N2O6. The number of amides is 1. The third-order valence-corrected chi connectivity index (χ3v) is 14.7. The molecule has 9 atom stereocenters. The van der Waals surface area contributed by atoms with Crippen LogP contribution in [0, 0.1) is 60.4 Å². The molecular weight excluding hydrogens is 580 g/mol. The van der Waals surface area contributed by atoms with Gasteiger partial charge in [0.15, 0.2) is 5.78 Å². The number of carbonyl (C=O) groups is 3. The topological polar surface area (TPSA) is 116 Å². The van der Waals surface area contributed by atoms with Gasteiger partial charge in [0.05, 0.1) is 4.92 Å². The van der Waals surface area contributed by atoms with Crippen molar-refractivity contribution in [1.29, 1.82) is 0 Å². The molecule has 4 fully saturated rings. The zero-order chi connectivity index (χ0) is 33.7. The maximum atomic E-state index is 14.7. The van der Waals surface area contributed by atoms with Gasteiger partial charge < -0.3 is 10.1 Å². The summed E-state index contributed by atoms with van der Waals surface area (Å²) in [6.07, 6.45) is 9.82. The molecule has 250 valence electrons. The normalized spacial score (nSPS) is 42.7. The van der Waals surface area contributed by atoms with Crippen molar-refractivity contribution >= 4 is 29.0 Å². The van der Waals surface area contributed by atoms with Crippen LogP contribution in [0.4, 0.5) is 11.4 Å². The zero-order valence-electron chi connectivity index (χ0n) is 29.0. The van der Waals surface area contributed by atoms with Crippen LogP contribution in [-0.4, -0.2) is 28.7 Å². The molecule has 6 rings (SSSR count). The average molecular weight is 633 g/mol. The monoisotopic (exact) mass is 632 g/mol. The van der Waals surface area contributed by atoms with Gasteiger partial charge in [0.2, 0.25) is 5.91 Å². The molecule has 8 nitrogen and oxygen atoms in total. The SMILES string of the molecule is CC(=O)O[C@H]1CC[C@@]2(C)[C@H](CC[C@]3(C)[C@@H]2C(=O)C=C2[C@H]4C[C@@](C)(C(=O)Nc5cccc([N+](=O)[O-])c5)CC[C@]4(C)CC[C@@]23C)C1(C)C. The molecule has 0 spiro atoms. The largest absolute Gasteiger partial charge is 0.462 e. The summed E-state index contributed by atoms with van der Waals surface area (Å²) in [4.78, 5) is 51.4. The predicted molar refractivity (Wildman–Crippen MR) is 177 cm³/mol. The fourth-order valence-electron chi connectivity index (χ4n) is 11.8. The molecule has 1 aromatic rings. The number of rotatable bonds is 4. The molecule has 0 bridgehead atoms. The minimum absolute atomic E-state index is 0.00528. The van der Waals surface area contributed by atoms with E-state index in [-0.39, 0.29) is 74.3 Å². The summed E-state index contributed by atoms with van der Waals surface area (Å²) in [5.41, 5.74) is 0.142. The van der Waals surface area contributed by atoms with E-state index < -0.39 is 10.3 Å². The highest BCUT2D eigenvalue weighted by Crippen LogP contribution is 2.75. The van der Waals surface area contributed by atoms with Gasteiger partial charge in [-0.2, -0.15) is 0 Å². The molecule has 0 saturated heterocycles. The number of carbonyl (C=O) groups excluding carboxylic acids is 3. The Bertz CT molecular complexity index is 1530. The van der Waals surface area contributed by atoms with Crippen molar-refractivity contribution < 1.29 is 24.0 Å². The zero-order valence-corrected chi connectivity index (χ0v) is 29.0. The summed E-state index contributed by atoms with van der Waals surface area (Å²) in [5.74, 6) is 0.143. The van der Waals surface area contributed by atoms with Crippen LogP contribution in [0.25, 0.3) is 0 Å². The van der Waals surface area contributed by atoms with Crippen LogP contribution in [0.3, 0.4) is 0 Å². The van der Waals surface area contributed by atoms with Crippen molar-refractivity contribution in [2.45, 2.75) is 119 Å². The van der Waals surface area contributed by atoms with E-state index in [9.17, 15) is 24.5 Å². The fraction of sp³-hybridized carbons (Fsp3) is 0.711. The van der Waals surface area contributed by atoms with Crippen LogP contribution in [0.1, 0.15) is 113 Å². The summed E-state index contributed by atoms with van der Waals surface area (Å²) in [6.45, 7) is 17.5. The van der Waals surface area contributed by atoms with Crippen molar-refractivity contribution in [3.05, 3.63) is 46.0 Å². The molecule has 1 N–H and O–H groups in total. The molecule has 5 aliphatic rings. The molecule has 5 aliphatic carbocycles. The lowest BCUT2D eigenvalue weighted by Gasteiger charge is -2.70. The summed E-state index contributed by atoms with van der Waals surface area (Å²) in [7, 11) is 0. The molecule has 8 heteroatoms. The van der Waals surface area contributed by atoms with Crippen LogP contribution in [0.15, 0.2) is 35.9 Å². The first-order valence-electron chi connectivity index (χ1n) is 17.3. The number of hydrogen-bond donors (Lipinski definition) is 1. The van der Waals surface area contributed by atoms with Gasteiger partial charge in [-0.15, -0.1) is 0 Å². The van der Waals surface area contributed by atoms with Gasteiger partial charge in [0.25, 0.3) is 5.69 Å². The third-order valence-electron chi connectivity index (χ3n) is 14.7. The van der Waals surface area contributed by atoms with Crippen LogP contribution in [0.5, 0.6) is 0 Å². The number of non-ortho nitro benzene ring substituents is 1. The Kier molecular flexibility index (Phi) is 7.50. The molecule has 0 aliphatic heterocycles. The number of nitrogens with zero attached hydrogens (tertiary/aromatic N) is 1. The number of allylic oxidation sites excluding steroid dienone is 2. The van der Waals surface area contributed by atoms with E-state index >= 15 is 0 Å². The number of hydrogen-bond acceptors (Lipinski definition) is 6. The van der Waals surface area contributed by atoms with E-state index in [2.05, 4.69) is 46.9 Å². The number of esters is 1. The van der Waals surface area contributed by atoms with Crippen LogP contribution in [-0.2, 0) is 19.1 Å². The van der Waals surface area contributed by atoms with Gasteiger partial charge in [-0.25, -0.2) is 0 Å². The van der Waals surface area contributed by atoms with Crippen molar-refractivity contribution in [1.82, 2.24) is 0 Å². The van der Waals surface area contributed by atoms with E-state index in [1.807, 2.05) is 13.0 Å². The molecule has 1 amide bonds. The average Bonchev–Trinajstić information content (AvgIpc) is 2.96. The summed E-state index contributed by atoms with van der Waals surface area (Å²) in [6, 6.07) is 6.12. The predicted octanol–water partition coefficient (Wildman–Crippen LogP) is 8.45. The number of ether oxygens (including phenoxy) is 1. The first-order valence-corrected chi connectivity index (χ1v) is 17.3. The molecule has 0 radical (unpaired) electrons.